The first-order chi connectivity index (χ1) is 5.25. The minimum atomic E-state index is 0.147. The summed E-state index contributed by atoms with van der Waals surface area (Å²) in [4.78, 5) is 0. The SMILES string of the molecule is CC1OCCCC1P(P)PP. The maximum atomic E-state index is 5.61. The molecular weight excluding hydrogens is 212 g/mol. The molecule has 5 heteroatoms. The molecule has 0 saturated carbocycles. The summed E-state index contributed by atoms with van der Waals surface area (Å²) in [6, 6.07) is 0. The fourth-order valence-corrected chi connectivity index (χ4v) is 7.05. The lowest BCUT2D eigenvalue weighted by atomic mass is 10.1. The third-order valence-electron chi connectivity index (χ3n) is 2.07. The van der Waals surface area contributed by atoms with E-state index in [1.54, 1.807) is 0 Å². The zero-order valence-electron chi connectivity index (χ0n) is 6.79. The van der Waals surface area contributed by atoms with Gasteiger partial charge in [0.2, 0.25) is 0 Å². The van der Waals surface area contributed by atoms with Gasteiger partial charge in [-0.1, -0.05) is 15.3 Å². The van der Waals surface area contributed by atoms with Gasteiger partial charge in [-0.05, 0) is 19.8 Å². The van der Waals surface area contributed by atoms with E-state index >= 15 is 0 Å². The average Bonchev–Trinajstić information content (AvgIpc) is 2.04. The van der Waals surface area contributed by atoms with E-state index in [4.69, 9.17) is 4.74 Å². The summed E-state index contributed by atoms with van der Waals surface area (Å²) in [6.45, 7) is 3.19. The van der Waals surface area contributed by atoms with Crippen molar-refractivity contribution in [1.29, 1.82) is 0 Å². The van der Waals surface area contributed by atoms with Crippen LogP contribution in [0.5, 0.6) is 0 Å². The Balaban J connectivity index is 2.40. The van der Waals surface area contributed by atoms with Crippen LogP contribution in [-0.2, 0) is 4.74 Å². The lowest BCUT2D eigenvalue weighted by Gasteiger charge is -2.32. The van der Waals surface area contributed by atoms with Crippen molar-refractivity contribution in [3.8, 4) is 0 Å². The minimum Gasteiger partial charge on any atom is -0.378 e. The van der Waals surface area contributed by atoms with Gasteiger partial charge in [0.1, 0.15) is 0 Å². The van der Waals surface area contributed by atoms with Crippen molar-refractivity contribution in [2.75, 3.05) is 6.61 Å². The summed E-state index contributed by atoms with van der Waals surface area (Å²) in [5.74, 6) is 0. The molecule has 1 fully saturated rings. The molecule has 1 rings (SSSR count). The van der Waals surface area contributed by atoms with E-state index in [9.17, 15) is 0 Å². The van der Waals surface area contributed by atoms with E-state index < -0.39 is 0 Å². The molecule has 0 aromatic carbocycles. The lowest BCUT2D eigenvalue weighted by Crippen LogP contribution is -2.28. The monoisotopic (exact) mass is 228 g/mol. The van der Waals surface area contributed by atoms with Crippen LogP contribution in [0.15, 0.2) is 0 Å². The van der Waals surface area contributed by atoms with Crippen molar-refractivity contribution < 1.29 is 4.74 Å². The van der Waals surface area contributed by atoms with Gasteiger partial charge in [-0.25, -0.2) is 0 Å². The quantitative estimate of drug-likeness (QED) is 0.659. The Bertz CT molecular complexity index is 117. The van der Waals surface area contributed by atoms with Gasteiger partial charge >= 0.3 is 0 Å². The lowest BCUT2D eigenvalue weighted by molar-refractivity contribution is 0.0329. The van der Waals surface area contributed by atoms with Gasteiger partial charge in [0.15, 0.2) is 0 Å². The predicted octanol–water partition coefficient (Wildman–Crippen LogP) is 3.21. The average molecular weight is 228 g/mol. The normalized spacial score (nSPS) is 36.3. The molecule has 6 atom stereocenters. The van der Waals surface area contributed by atoms with Crippen LogP contribution >= 0.6 is 33.1 Å². The standard InChI is InChI=1S/C6H16OP4/c1-5-6(11(9)10-8)3-2-4-7-5/h5-6,10H,2-4,8-9H2,1H3. The van der Waals surface area contributed by atoms with Crippen molar-refractivity contribution in [3.63, 3.8) is 0 Å². The molecule has 0 radical (unpaired) electrons. The molecule has 1 aliphatic heterocycles. The van der Waals surface area contributed by atoms with Gasteiger partial charge in [-0.2, -0.15) is 0 Å². The summed E-state index contributed by atoms with van der Waals surface area (Å²) in [7, 11) is 7.02. The number of hydrogen-bond acceptors (Lipinski definition) is 1. The van der Waals surface area contributed by atoms with Crippen LogP contribution in [0.2, 0.25) is 0 Å². The third-order valence-corrected chi connectivity index (χ3v) is 13.5. The number of hydrogen-bond donors (Lipinski definition) is 0. The van der Waals surface area contributed by atoms with Crippen molar-refractivity contribution in [3.05, 3.63) is 0 Å². The van der Waals surface area contributed by atoms with E-state index in [0.29, 0.717) is 6.10 Å². The molecule has 6 unspecified atom stereocenters. The summed E-state index contributed by atoms with van der Waals surface area (Å²) >= 11 is 0. The van der Waals surface area contributed by atoms with Gasteiger partial charge in [0.05, 0.1) is 6.10 Å². The van der Waals surface area contributed by atoms with Crippen LogP contribution < -0.4 is 0 Å². The maximum Gasteiger partial charge on any atom is 0.0620 e. The third kappa shape index (κ3) is 3.14. The minimum absolute atomic E-state index is 0.147. The molecule has 66 valence electrons. The highest BCUT2D eigenvalue weighted by molar-refractivity contribution is 8.61. The largest absolute Gasteiger partial charge is 0.378 e. The number of ether oxygens (including phenoxy) is 1. The van der Waals surface area contributed by atoms with Gasteiger partial charge in [0.25, 0.3) is 0 Å². The topological polar surface area (TPSA) is 9.23 Å². The van der Waals surface area contributed by atoms with Crippen LogP contribution in [-0.4, -0.2) is 18.4 Å². The van der Waals surface area contributed by atoms with Gasteiger partial charge in [-0.3, -0.25) is 0 Å². The highest BCUT2D eigenvalue weighted by atomic mass is 32.6. The fraction of sp³-hybridized carbons (Fsp3) is 1.00. The van der Waals surface area contributed by atoms with E-state index in [1.165, 1.54) is 12.8 Å². The molecule has 1 saturated heterocycles. The van der Waals surface area contributed by atoms with Crippen LogP contribution in [0.25, 0.3) is 0 Å². The van der Waals surface area contributed by atoms with Crippen LogP contribution in [0, 0.1) is 0 Å². The zero-order chi connectivity index (χ0) is 8.27. The van der Waals surface area contributed by atoms with Crippen molar-refractivity contribution >= 4 is 33.1 Å². The van der Waals surface area contributed by atoms with Gasteiger partial charge in [-0.15, -0.1) is 17.9 Å². The fourth-order valence-electron chi connectivity index (χ4n) is 1.37. The highest BCUT2D eigenvalue weighted by Gasteiger charge is 2.25. The molecule has 0 aromatic rings. The molecule has 1 heterocycles. The highest BCUT2D eigenvalue weighted by Crippen LogP contribution is 2.70. The predicted molar refractivity (Wildman–Crippen MR) is 63.1 cm³/mol. The van der Waals surface area contributed by atoms with E-state index in [2.05, 4.69) is 24.8 Å². The van der Waals surface area contributed by atoms with E-state index in [-0.39, 0.29) is 7.30 Å². The Kier molecular flexibility index (Phi) is 5.30. The second-order valence-corrected chi connectivity index (χ2v) is 12.4. The van der Waals surface area contributed by atoms with Gasteiger partial charge < -0.3 is 4.74 Å². The van der Waals surface area contributed by atoms with Crippen LogP contribution in [0.3, 0.4) is 0 Å². The van der Waals surface area contributed by atoms with Gasteiger partial charge in [0, 0.05) is 12.3 Å². The molecule has 11 heavy (non-hydrogen) atoms. The Morgan fingerprint density at radius 2 is 2.36 bits per heavy atom. The molecule has 1 nitrogen and oxygen atoms in total. The molecule has 1 aliphatic rings. The van der Waals surface area contributed by atoms with Crippen molar-refractivity contribution in [1.82, 2.24) is 0 Å². The zero-order valence-corrected chi connectivity index (χ0v) is 11.0. The smallest absolute Gasteiger partial charge is 0.0620 e. The van der Waals surface area contributed by atoms with Crippen LogP contribution in [0.1, 0.15) is 19.8 Å². The number of rotatable bonds is 2. The molecule has 0 aliphatic carbocycles. The molecule has 0 bridgehead atoms. The summed E-state index contributed by atoms with van der Waals surface area (Å²) < 4.78 is 5.61. The first kappa shape index (κ1) is 10.8. The Morgan fingerprint density at radius 1 is 1.64 bits per heavy atom. The maximum absolute atomic E-state index is 5.61. The summed E-state index contributed by atoms with van der Waals surface area (Å²) in [5.41, 5.74) is 0.833. The Morgan fingerprint density at radius 3 is 2.91 bits per heavy atom. The second-order valence-electron chi connectivity index (χ2n) is 2.82. The Hall–Kier alpha value is 1.68. The van der Waals surface area contributed by atoms with Crippen molar-refractivity contribution in [2.24, 2.45) is 0 Å². The summed E-state index contributed by atoms with van der Waals surface area (Å²) in [6.07, 6.45) is 3.13. The molecule has 0 spiro atoms. The summed E-state index contributed by atoms with van der Waals surface area (Å²) in [5, 5.41) is 0. The molecule has 0 N–H and O–H groups in total. The Labute approximate surface area is 76.4 Å². The second kappa shape index (κ2) is 5.42. The van der Waals surface area contributed by atoms with E-state index in [1.807, 2.05) is 0 Å². The first-order valence-electron chi connectivity index (χ1n) is 3.87. The molecule has 0 aromatic heterocycles. The molecular formula is C6H16OP4. The first-order valence-corrected chi connectivity index (χ1v) is 10.6. The van der Waals surface area contributed by atoms with Crippen LogP contribution in [0.4, 0.5) is 0 Å². The van der Waals surface area contributed by atoms with E-state index in [0.717, 1.165) is 20.2 Å². The van der Waals surface area contributed by atoms with Crippen molar-refractivity contribution in [2.45, 2.75) is 31.5 Å². The molecule has 0 amide bonds.